The van der Waals surface area contributed by atoms with E-state index in [-0.39, 0.29) is 6.42 Å². The van der Waals surface area contributed by atoms with Crippen molar-refractivity contribution in [1.29, 1.82) is 0 Å². The maximum Gasteiger partial charge on any atom is 0.326 e. The van der Waals surface area contributed by atoms with E-state index in [1.165, 1.54) is 12.5 Å². The van der Waals surface area contributed by atoms with Crippen LogP contribution in [0.1, 0.15) is 45.2 Å². The van der Waals surface area contributed by atoms with Crippen LogP contribution in [0.15, 0.2) is 12.5 Å². The highest BCUT2D eigenvalue weighted by Crippen LogP contribution is 2.11. The van der Waals surface area contributed by atoms with Gasteiger partial charge in [0.2, 0.25) is 17.7 Å². The van der Waals surface area contributed by atoms with Crippen molar-refractivity contribution in [2.24, 2.45) is 5.92 Å². The van der Waals surface area contributed by atoms with E-state index < -0.39 is 66.2 Å². The fourth-order valence-corrected chi connectivity index (χ4v) is 3.60. The molecule has 0 spiro atoms. The number of carbonyl (C=O) groups is 5. The zero-order chi connectivity index (χ0) is 25.3. The molecule has 2 heterocycles. The molecule has 1 saturated heterocycles. The summed E-state index contributed by atoms with van der Waals surface area (Å²) in [5.41, 5.74) is 0.501. The first kappa shape index (κ1) is 26.8. The Morgan fingerprint density at radius 2 is 1.85 bits per heavy atom. The van der Waals surface area contributed by atoms with Crippen molar-refractivity contribution in [3.63, 3.8) is 0 Å². The summed E-state index contributed by atoms with van der Waals surface area (Å²) < 4.78 is 0. The fraction of sp³-hybridized carbons (Fsp3) is 0.619. The van der Waals surface area contributed by atoms with E-state index in [0.29, 0.717) is 25.1 Å². The van der Waals surface area contributed by atoms with Gasteiger partial charge >= 0.3 is 11.9 Å². The first-order chi connectivity index (χ1) is 16.1. The number of imidazole rings is 1. The number of aromatic nitrogens is 2. The molecule has 188 valence electrons. The molecule has 34 heavy (non-hydrogen) atoms. The molecule has 2 rings (SSSR count). The summed E-state index contributed by atoms with van der Waals surface area (Å²) >= 11 is 0. The van der Waals surface area contributed by atoms with Crippen LogP contribution in [0.2, 0.25) is 0 Å². The van der Waals surface area contributed by atoms with Gasteiger partial charge in [-0.05, 0) is 25.3 Å². The van der Waals surface area contributed by atoms with Crippen LogP contribution < -0.4 is 21.3 Å². The molecule has 1 aliphatic heterocycles. The Kier molecular flexibility index (Phi) is 9.98. The smallest absolute Gasteiger partial charge is 0.326 e. The van der Waals surface area contributed by atoms with Gasteiger partial charge in [-0.1, -0.05) is 20.3 Å². The van der Waals surface area contributed by atoms with Gasteiger partial charge in [-0.15, -0.1) is 0 Å². The Morgan fingerprint density at radius 3 is 2.38 bits per heavy atom. The third-order valence-corrected chi connectivity index (χ3v) is 5.78. The van der Waals surface area contributed by atoms with Crippen LogP contribution in [-0.2, 0) is 30.4 Å². The number of rotatable bonds is 13. The fourth-order valence-electron chi connectivity index (χ4n) is 3.60. The van der Waals surface area contributed by atoms with Crippen LogP contribution >= 0.6 is 0 Å². The Balaban J connectivity index is 2.12. The topological polar surface area (TPSA) is 203 Å². The van der Waals surface area contributed by atoms with Gasteiger partial charge in [0, 0.05) is 18.3 Å². The van der Waals surface area contributed by atoms with Crippen molar-refractivity contribution in [3.8, 4) is 0 Å². The summed E-state index contributed by atoms with van der Waals surface area (Å²) in [6.07, 6.45) is 3.93. The number of aromatic amines is 1. The average molecular weight is 481 g/mol. The van der Waals surface area contributed by atoms with E-state index in [1.54, 1.807) is 13.8 Å². The number of amides is 3. The molecule has 5 unspecified atom stereocenters. The molecule has 1 aromatic rings. The van der Waals surface area contributed by atoms with Crippen molar-refractivity contribution < 1.29 is 34.2 Å². The predicted octanol–water partition coefficient (Wildman–Crippen LogP) is -1.24. The zero-order valence-corrected chi connectivity index (χ0v) is 19.2. The molecule has 13 nitrogen and oxygen atoms in total. The second-order valence-corrected chi connectivity index (χ2v) is 8.36. The number of carboxylic acids is 2. The summed E-state index contributed by atoms with van der Waals surface area (Å²) in [6.45, 7) is 4.13. The van der Waals surface area contributed by atoms with Crippen molar-refractivity contribution in [1.82, 2.24) is 31.2 Å². The Bertz CT molecular complexity index is 869. The third kappa shape index (κ3) is 7.83. The molecule has 1 aromatic heterocycles. The largest absolute Gasteiger partial charge is 0.481 e. The molecule has 1 fully saturated rings. The molecule has 13 heteroatoms. The SMILES string of the molecule is CCC(C)C(NC(=O)C(CC(=O)O)NC(=O)C1CCCN1)C(=O)NC(Cc1cnc[nH]1)C(=O)O. The molecule has 0 bridgehead atoms. The van der Waals surface area contributed by atoms with Gasteiger partial charge in [-0.25, -0.2) is 9.78 Å². The third-order valence-electron chi connectivity index (χ3n) is 5.78. The number of carboxylic acid groups (broad SMARTS) is 2. The normalized spacial score (nSPS) is 18.8. The summed E-state index contributed by atoms with van der Waals surface area (Å²) in [5.74, 6) is -5.02. The monoisotopic (exact) mass is 480 g/mol. The molecular weight excluding hydrogens is 448 g/mol. The number of hydrogen-bond donors (Lipinski definition) is 7. The van der Waals surface area contributed by atoms with Gasteiger partial charge < -0.3 is 36.5 Å². The van der Waals surface area contributed by atoms with Crippen LogP contribution in [0.25, 0.3) is 0 Å². The van der Waals surface area contributed by atoms with E-state index in [9.17, 15) is 34.2 Å². The van der Waals surface area contributed by atoms with E-state index in [4.69, 9.17) is 0 Å². The van der Waals surface area contributed by atoms with E-state index in [2.05, 4.69) is 31.2 Å². The molecule has 5 atom stereocenters. The first-order valence-electron chi connectivity index (χ1n) is 11.2. The maximum atomic E-state index is 13.0. The lowest BCUT2D eigenvalue weighted by atomic mass is 9.97. The van der Waals surface area contributed by atoms with Crippen LogP contribution in [0, 0.1) is 5.92 Å². The Morgan fingerprint density at radius 1 is 1.12 bits per heavy atom. The molecule has 7 N–H and O–H groups in total. The predicted molar refractivity (Wildman–Crippen MR) is 118 cm³/mol. The van der Waals surface area contributed by atoms with Crippen LogP contribution in [-0.4, -0.2) is 80.6 Å². The highest BCUT2D eigenvalue weighted by molar-refractivity contribution is 5.95. The van der Waals surface area contributed by atoms with Gasteiger partial charge in [-0.3, -0.25) is 19.2 Å². The lowest BCUT2D eigenvalue weighted by Crippen LogP contribution is -2.59. The lowest BCUT2D eigenvalue weighted by Gasteiger charge is -2.27. The average Bonchev–Trinajstić information content (AvgIpc) is 3.49. The number of H-pyrrole nitrogens is 1. The van der Waals surface area contributed by atoms with Crippen LogP contribution in [0.3, 0.4) is 0 Å². The van der Waals surface area contributed by atoms with Gasteiger partial charge in [0.1, 0.15) is 18.1 Å². The van der Waals surface area contributed by atoms with Crippen molar-refractivity contribution in [2.75, 3.05) is 6.54 Å². The summed E-state index contributed by atoms with van der Waals surface area (Å²) in [7, 11) is 0. The number of carbonyl (C=O) groups excluding carboxylic acids is 3. The molecule has 1 aliphatic rings. The summed E-state index contributed by atoms with van der Waals surface area (Å²) in [6, 6.07) is -4.33. The highest BCUT2D eigenvalue weighted by Gasteiger charge is 2.34. The van der Waals surface area contributed by atoms with E-state index >= 15 is 0 Å². The van der Waals surface area contributed by atoms with E-state index in [1.807, 2.05) is 0 Å². The maximum absolute atomic E-state index is 13.0. The van der Waals surface area contributed by atoms with Gasteiger partial charge in [0.25, 0.3) is 0 Å². The number of nitrogens with one attached hydrogen (secondary N) is 5. The van der Waals surface area contributed by atoms with Gasteiger partial charge in [-0.2, -0.15) is 0 Å². The standard InChI is InChI=1S/C21H32N6O7/c1-3-11(2)17(20(32)26-15(21(33)34)7-12-9-22-10-24-12)27-19(31)14(8-16(28)29)25-18(30)13-5-4-6-23-13/h9-11,13-15,17,23H,3-8H2,1-2H3,(H,22,24)(H,25,30)(H,26,32)(H,27,31)(H,28,29)(H,33,34). The molecule has 0 aliphatic carbocycles. The van der Waals surface area contributed by atoms with Crippen LogP contribution in [0.4, 0.5) is 0 Å². The molecule has 0 radical (unpaired) electrons. The Labute approximate surface area is 196 Å². The highest BCUT2D eigenvalue weighted by atomic mass is 16.4. The lowest BCUT2D eigenvalue weighted by molar-refractivity contribution is -0.143. The first-order valence-corrected chi connectivity index (χ1v) is 11.2. The van der Waals surface area contributed by atoms with Gasteiger partial charge in [0.15, 0.2) is 0 Å². The van der Waals surface area contributed by atoms with Crippen molar-refractivity contribution >= 4 is 29.7 Å². The minimum Gasteiger partial charge on any atom is -0.481 e. The van der Waals surface area contributed by atoms with Crippen LogP contribution in [0.5, 0.6) is 0 Å². The zero-order valence-electron chi connectivity index (χ0n) is 19.2. The second kappa shape index (κ2) is 12.7. The Hall–Kier alpha value is -3.48. The van der Waals surface area contributed by atoms with E-state index in [0.717, 1.165) is 6.42 Å². The number of nitrogens with zero attached hydrogens (tertiary/aromatic N) is 1. The minimum absolute atomic E-state index is 0.0473. The summed E-state index contributed by atoms with van der Waals surface area (Å²) in [5, 5.41) is 29.1. The molecule has 0 saturated carbocycles. The number of aliphatic carboxylic acids is 2. The minimum atomic E-state index is -1.40. The number of hydrogen-bond acceptors (Lipinski definition) is 7. The quantitative estimate of drug-likeness (QED) is 0.180. The molecule has 3 amide bonds. The summed E-state index contributed by atoms with van der Waals surface area (Å²) in [4.78, 5) is 67.9. The second-order valence-electron chi connectivity index (χ2n) is 8.36. The van der Waals surface area contributed by atoms with Gasteiger partial charge in [0.05, 0.1) is 18.8 Å². The van der Waals surface area contributed by atoms with Crippen molar-refractivity contribution in [2.45, 2.75) is 70.1 Å². The molecule has 0 aromatic carbocycles. The molecular formula is C21H32N6O7. The van der Waals surface area contributed by atoms with Crippen molar-refractivity contribution in [3.05, 3.63) is 18.2 Å².